The predicted molar refractivity (Wildman–Crippen MR) is 104 cm³/mol. The molecule has 0 saturated heterocycles. The van der Waals surface area contributed by atoms with Gasteiger partial charge in [0.25, 0.3) is 0 Å². The first kappa shape index (κ1) is 20.3. The van der Waals surface area contributed by atoms with Gasteiger partial charge in [-0.25, -0.2) is 4.39 Å². The van der Waals surface area contributed by atoms with Crippen LogP contribution in [0.2, 0.25) is 0 Å². The summed E-state index contributed by atoms with van der Waals surface area (Å²) in [5.74, 6) is -0.438. The van der Waals surface area contributed by atoms with E-state index in [2.05, 4.69) is 26.2 Å². The van der Waals surface area contributed by atoms with Gasteiger partial charge in [0, 0.05) is 5.69 Å². The molecule has 9 nitrogen and oxygen atoms in total. The number of aromatic nitrogens is 4. The number of tetrazole rings is 1. The van der Waals surface area contributed by atoms with Gasteiger partial charge in [0.05, 0.1) is 25.1 Å². The summed E-state index contributed by atoms with van der Waals surface area (Å²) in [5, 5.41) is 17.0. The number of carbonyl (C=O) groups is 2. The lowest BCUT2D eigenvalue weighted by atomic mass is 10.3. The van der Waals surface area contributed by atoms with E-state index >= 15 is 0 Å². The molecule has 11 heteroatoms. The number of amides is 2. The van der Waals surface area contributed by atoms with Crippen molar-refractivity contribution < 1.29 is 18.7 Å². The van der Waals surface area contributed by atoms with Gasteiger partial charge in [-0.2, -0.15) is 4.68 Å². The topological polar surface area (TPSA) is 111 Å². The summed E-state index contributed by atoms with van der Waals surface area (Å²) >= 11 is 1.13. The molecule has 150 valence electrons. The van der Waals surface area contributed by atoms with Crippen LogP contribution in [0.1, 0.15) is 0 Å². The van der Waals surface area contributed by atoms with Crippen molar-refractivity contribution in [3.05, 3.63) is 54.3 Å². The largest absolute Gasteiger partial charge is 0.497 e. The Hall–Kier alpha value is -3.47. The van der Waals surface area contributed by atoms with E-state index in [1.54, 1.807) is 31.4 Å². The number of methoxy groups -OCH3 is 1. The van der Waals surface area contributed by atoms with E-state index < -0.39 is 11.7 Å². The van der Waals surface area contributed by atoms with Crippen molar-refractivity contribution in [2.45, 2.75) is 5.16 Å². The van der Waals surface area contributed by atoms with Crippen molar-refractivity contribution in [2.75, 3.05) is 24.7 Å². The lowest BCUT2D eigenvalue weighted by Crippen LogP contribution is -2.33. The lowest BCUT2D eigenvalue weighted by Gasteiger charge is -2.07. The second-order valence-electron chi connectivity index (χ2n) is 5.69. The minimum atomic E-state index is -0.418. The maximum Gasteiger partial charge on any atom is 0.243 e. The Morgan fingerprint density at radius 1 is 1.10 bits per heavy atom. The highest BCUT2D eigenvalue weighted by atomic mass is 32.2. The van der Waals surface area contributed by atoms with Crippen LogP contribution in [0.25, 0.3) is 5.69 Å². The van der Waals surface area contributed by atoms with E-state index in [-0.39, 0.29) is 18.2 Å². The lowest BCUT2D eigenvalue weighted by molar-refractivity contribution is -0.122. The molecule has 2 amide bonds. The number of rotatable bonds is 8. The fourth-order valence-electron chi connectivity index (χ4n) is 2.25. The molecule has 0 saturated carbocycles. The van der Waals surface area contributed by atoms with Gasteiger partial charge in [0.2, 0.25) is 17.0 Å². The average Bonchev–Trinajstić information content (AvgIpc) is 3.21. The van der Waals surface area contributed by atoms with Crippen LogP contribution in [-0.4, -0.2) is 51.4 Å². The number of hydrogen-bond acceptors (Lipinski definition) is 7. The van der Waals surface area contributed by atoms with Crippen LogP contribution in [-0.2, 0) is 9.59 Å². The zero-order valence-electron chi connectivity index (χ0n) is 15.3. The van der Waals surface area contributed by atoms with Crippen LogP contribution in [0.15, 0.2) is 53.7 Å². The number of ether oxygens (including phenoxy) is 1. The van der Waals surface area contributed by atoms with Gasteiger partial charge in [0.15, 0.2) is 0 Å². The quantitative estimate of drug-likeness (QED) is 0.537. The highest BCUT2D eigenvalue weighted by Gasteiger charge is 2.12. The molecule has 0 aliphatic rings. The Balaban J connectivity index is 1.47. The molecular formula is C18H17FN6O3S. The average molecular weight is 416 g/mol. The van der Waals surface area contributed by atoms with E-state index in [1.165, 1.54) is 28.9 Å². The van der Waals surface area contributed by atoms with Crippen molar-refractivity contribution in [1.29, 1.82) is 0 Å². The number of anilines is 1. The third kappa shape index (κ3) is 5.75. The van der Waals surface area contributed by atoms with Gasteiger partial charge < -0.3 is 15.4 Å². The summed E-state index contributed by atoms with van der Waals surface area (Å²) in [6, 6.07) is 12.5. The van der Waals surface area contributed by atoms with Crippen molar-refractivity contribution in [2.24, 2.45) is 0 Å². The summed E-state index contributed by atoms with van der Waals surface area (Å²) in [7, 11) is 1.58. The molecule has 0 atom stereocenters. The van der Waals surface area contributed by atoms with Crippen LogP contribution >= 0.6 is 11.8 Å². The van der Waals surface area contributed by atoms with Gasteiger partial charge >= 0.3 is 0 Å². The summed E-state index contributed by atoms with van der Waals surface area (Å²) < 4.78 is 19.5. The van der Waals surface area contributed by atoms with Crippen molar-refractivity contribution in [1.82, 2.24) is 25.5 Å². The van der Waals surface area contributed by atoms with Gasteiger partial charge in [-0.05, 0) is 59.0 Å². The molecule has 1 heterocycles. The molecule has 0 unspecified atom stereocenters. The molecule has 29 heavy (non-hydrogen) atoms. The van der Waals surface area contributed by atoms with Gasteiger partial charge in [-0.1, -0.05) is 11.8 Å². The van der Waals surface area contributed by atoms with E-state index in [0.717, 1.165) is 17.4 Å². The highest BCUT2D eigenvalue weighted by molar-refractivity contribution is 7.99. The molecule has 3 rings (SSSR count). The second kappa shape index (κ2) is 9.64. The smallest absolute Gasteiger partial charge is 0.243 e. The SMILES string of the molecule is COc1ccc(-n2nnnc2SCC(=O)NCC(=O)Nc2ccc(F)cc2)cc1. The maximum atomic E-state index is 12.9. The number of nitrogens with zero attached hydrogens (tertiary/aromatic N) is 4. The van der Waals surface area contributed by atoms with Crippen LogP contribution in [0, 0.1) is 5.82 Å². The van der Waals surface area contributed by atoms with E-state index in [0.29, 0.717) is 16.6 Å². The number of hydrogen-bond donors (Lipinski definition) is 2. The van der Waals surface area contributed by atoms with Crippen LogP contribution < -0.4 is 15.4 Å². The molecule has 2 aromatic carbocycles. The van der Waals surface area contributed by atoms with E-state index in [1.807, 2.05) is 0 Å². The maximum absolute atomic E-state index is 12.9. The zero-order valence-corrected chi connectivity index (χ0v) is 16.1. The summed E-state index contributed by atoms with van der Waals surface area (Å²) in [5.41, 5.74) is 1.16. The Morgan fingerprint density at radius 3 is 2.52 bits per heavy atom. The molecule has 0 bridgehead atoms. The van der Waals surface area contributed by atoms with Crippen LogP contribution in [0.3, 0.4) is 0 Å². The first-order valence-electron chi connectivity index (χ1n) is 8.43. The van der Waals surface area contributed by atoms with Crippen molar-refractivity contribution >= 4 is 29.3 Å². The number of thioether (sulfide) groups is 1. The third-order valence-electron chi connectivity index (χ3n) is 3.66. The third-order valence-corrected chi connectivity index (χ3v) is 4.58. The molecule has 2 N–H and O–H groups in total. The fraction of sp³-hybridized carbons (Fsp3) is 0.167. The molecule has 0 radical (unpaired) electrons. The summed E-state index contributed by atoms with van der Waals surface area (Å²) in [6.07, 6.45) is 0. The fourth-order valence-corrected chi connectivity index (χ4v) is 2.97. The van der Waals surface area contributed by atoms with E-state index in [9.17, 15) is 14.0 Å². The Labute approximate surface area is 169 Å². The summed E-state index contributed by atoms with van der Waals surface area (Å²) in [4.78, 5) is 23.9. The molecule has 1 aromatic heterocycles. The van der Waals surface area contributed by atoms with Crippen LogP contribution in [0.5, 0.6) is 5.75 Å². The molecule has 0 fully saturated rings. The van der Waals surface area contributed by atoms with Gasteiger partial charge in [-0.3, -0.25) is 9.59 Å². The van der Waals surface area contributed by atoms with Crippen molar-refractivity contribution in [3.8, 4) is 11.4 Å². The molecular weight excluding hydrogens is 399 g/mol. The summed E-state index contributed by atoms with van der Waals surface area (Å²) in [6.45, 7) is -0.208. The number of nitrogens with one attached hydrogen (secondary N) is 2. The molecule has 0 spiro atoms. The minimum absolute atomic E-state index is 0.0281. The van der Waals surface area contributed by atoms with Crippen LogP contribution in [0.4, 0.5) is 10.1 Å². The second-order valence-corrected chi connectivity index (χ2v) is 6.63. The number of benzene rings is 2. The number of carbonyl (C=O) groups excluding carboxylic acids is 2. The van der Waals surface area contributed by atoms with Crippen molar-refractivity contribution in [3.63, 3.8) is 0 Å². The number of halogens is 1. The van der Waals surface area contributed by atoms with E-state index in [4.69, 9.17) is 4.74 Å². The zero-order chi connectivity index (χ0) is 20.6. The first-order valence-corrected chi connectivity index (χ1v) is 9.41. The first-order chi connectivity index (χ1) is 14.0. The Kier molecular flexibility index (Phi) is 6.74. The van der Waals surface area contributed by atoms with Gasteiger partial charge in [-0.15, -0.1) is 5.10 Å². The van der Waals surface area contributed by atoms with Gasteiger partial charge in [0.1, 0.15) is 11.6 Å². The predicted octanol–water partition coefficient (Wildman–Crippen LogP) is 1.66. The normalized spacial score (nSPS) is 10.4. The Morgan fingerprint density at radius 2 is 1.83 bits per heavy atom. The Bertz CT molecular complexity index is 978. The molecule has 3 aromatic rings. The standard InChI is InChI=1S/C18H17FN6O3S/c1-28-15-8-6-14(7-9-15)25-18(22-23-24-25)29-11-17(27)20-10-16(26)21-13-4-2-12(19)3-5-13/h2-9H,10-11H2,1H3,(H,20,27)(H,21,26). The monoisotopic (exact) mass is 416 g/mol. The molecule has 0 aliphatic heterocycles. The minimum Gasteiger partial charge on any atom is -0.497 e. The molecule has 0 aliphatic carbocycles. The highest BCUT2D eigenvalue weighted by Crippen LogP contribution is 2.20.